The second-order valence-electron chi connectivity index (χ2n) is 7.52. The maximum absolute atomic E-state index is 13.6. The third kappa shape index (κ3) is 5.26. The van der Waals surface area contributed by atoms with Crippen molar-refractivity contribution in [2.45, 2.75) is 31.7 Å². The smallest absolute Gasteiger partial charge is 0.254 e. The van der Waals surface area contributed by atoms with Gasteiger partial charge in [0, 0.05) is 51.7 Å². The Hall–Kier alpha value is -1.99. The Kier molecular flexibility index (Phi) is 6.79. The van der Waals surface area contributed by atoms with Gasteiger partial charge in [-0.1, -0.05) is 18.6 Å². The summed E-state index contributed by atoms with van der Waals surface area (Å²) in [7, 11) is 0. The summed E-state index contributed by atoms with van der Waals surface area (Å²) in [5.41, 5.74) is 6.14. The first-order valence-electron chi connectivity index (χ1n) is 9.83. The molecule has 0 aromatic heterocycles. The summed E-state index contributed by atoms with van der Waals surface area (Å²) in [4.78, 5) is 28.6. The van der Waals surface area contributed by atoms with E-state index in [-0.39, 0.29) is 17.5 Å². The zero-order chi connectivity index (χ0) is 19.2. The molecule has 1 aliphatic heterocycles. The third-order valence-electron chi connectivity index (χ3n) is 5.71. The van der Waals surface area contributed by atoms with Gasteiger partial charge >= 0.3 is 0 Å². The van der Waals surface area contributed by atoms with Crippen LogP contribution in [0.25, 0.3) is 0 Å². The number of nitrogens with two attached hydrogens (primary N) is 1. The van der Waals surface area contributed by atoms with Crippen LogP contribution in [0.5, 0.6) is 0 Å². The van der Waals surface area contributed by atoms with Gasteiger partial charge in [0.1, 0.15) is 5.82 Å². The lowest BCUT2D eigenvalue weighted by Gasteiger charge is -2.35. The van der Waals surface area contributed by atoms with Crippen LogP contribution in [0.1, 0.15) is 36.0 Å². The number of nitrogens with zero attached hydrogens (tertiary/aromatic N) is 2. The minimum Gasteiger partial charge on any atom is -0.351 e. The number of nitrogens with one attached hydrogen (secondary N) is 1. The molecule has 1 aromatic rings. The molecule has 3 rings (SSSR count). The topological polar surface area (TPSA) is 78.7 Å². The summed E-state index contributed by atoms with van der Waals surface area (Å²) in [5, 5.41) is 2.76. The number of rotatable bonds is 6. The number of benzene rings is 1. The van der Waals surface area contributed by atoms with E-state index in [2.05, 4.69) is 10.2 Å². The highest BCUT2D eigenvalue weighted by Gasteiger charge is 2.29. The van der Waals surface area contributed by atoms with Crippen molar-refractivity contribution in [1.82, 2.24) is 15.1 Å². The second-order valence-corrected chi connectivity index (χ2v) is 7.52. The Bertz CT molecular complexity index is 661. The number of amides is 2. The van der Waals surface area contributed by atoms with Crippen LogP contribution < -0.4 is 11.1 Å². The van der Waals surface area contributed by atoms with Crippen LogP contribution in [-0.2, 0) is 4.79 Å². The normalized spacial score (nSPS) is 23.4. The number of hydrogen-bond donors (Lipinski definition) is 2. The molecule has 148 valence electrons. The molecule has 6 nitrogen and oxygen atoms in total. The summed E-state index contributed by atoms with van der Waals surface area (Å²) in [6.07, 6.45) is 3.80. The van der Waals surface area contributed by atoms with Crippen molar-refractivity contribution in [3.05, 3.63) is 35.6 Å². The Morgan fingerprint density at radius 3 is 2.56 bits per heavy atom. The molecule has 2 fully saturated rings. The minimum absolute atomic E-state index is 0.0676. The lowest BCUT2D eigenvalue weighted by molar-refractivity contribution is -0.134. The minimum atomic E-state index is -0.510. The molecule has 1 aliphatic carbocycles. The molecular weight excluding hydrogens is 347 g/mol. The van der Waals surface area contributed by atoms with E-state index in [0.717, 1.165) is 32.4 Å². The Labute approximate surface area is 159 Å². The lowest BCUT2D eigenvalue weighted by Crippen LogP contribution is -2.50. The molecule has 1 saturated carbocycles. The Balaban J connectivity index is 1.35. The summed E-state index contributed by atoms with van der Waals surface area (Å²) in [6.45, 7) is 4.15. The molecule has 0 radical (unpaired) electrons. The van der Waals surface area contributed by atoms with Gasteiger partial charge in [0.15, 0.2) is 0 Å². The number of halogens is 1. The van der Waals surface area contributed by atoms with Crippen molar-refractivity contribution in [1.29, 1.82) is 0 Å². The van der Waals surface area contributed by atoms with E-state index in [9.17, 15) is 14.0 Å². The molecule has 1 saturated heterocycles. The van der Waals surface area contributed by atoms with Gasteiger partial charge in [0.25, 0.3) is 5.91 Å². The molecule has 0 bridgehead atoms. The number of carbonyl (C=O) groups is 2. The molecule has 27 heavy (non-hydrogen) atoms. The predicted octanol–water partition coefficient (Wildman–Crippen LogP) is 1.22. The summed E-state index contributed by atoms with van der Waals surface area (Å²) in [5.74, 6) is -0.354. The Morgan fingerprint density at radius 1 is 1.15 bits per heavy atom. The fourth-order valence-corrected chi connectivity index (χ4v) is 3.96. The van der Waals surface area contributed by atoms with Crippen LogP contribution in [-0.4, -0.2) is 66.9 Å². The number of carbonyl (C=O) groups excluding carboxylic acids is 2. The summed E-state index contributed by atoms with van der Waals surface area (Å²) in [6, 6.07) is 6.14. The lowest BCUT2D eigenvalue weighted by atomic mass is 9.99. The molecular formula is C20H29FN4O2. The van der Waals surface area contributed by atoms with Crippen molar-refractivity contribution in [3.63, 3.8) is 0 Å². The van der Waals surface area contributed by atoms with Gasteiger partial charge in [-0.05, 0) is 30.9 Å². The first-order valence-corrected chi connectivity index (χ1v) is 9.83. The highest BCUT2D eigenvalue weighted by Crippen LogP contribution is 2.27. The number of piperazine rings is 1. The fraction of sp³-hybridized carbons (Fsp3) is 0.600. The maximum Gasteiger partial charge on any atom is 0.254 e. The monoisotopic (exact) mass is 376 g/mol. The van der Waals surface area contributed by atoms with Crippen LogP contribution in [0.4, 0.5) is 4.39 Å². The second kappa shape index (κ2) is 9.28. The average Bonchev–Trinajstić information content (AvgIpc) is 3.07. The van der Waals surface area contributed by atoms with Gasteiger partial charge in [-0.3, -0.25) is 14.5 Å². The maximum atomic E-state index is 13.6. The highest BCUT2D eigenvalue weighted by atomic mass is 19.1. The first-order chi connectivity index (χ1) is 13.0. The van der Waals surface area contributed by atoms with Crippen molar-refractivity contribution >= 4 is 11.8 Å². The van der Waals surface area contributed by atoms with Crippen molar-refractivity contribution in [2.75, 3.05) is 39.3 Å². The third-order valence-corrected chi connectivity index (χ3v) is 5.71. The molecule has 7 heteroatoms. The molecule has 2 atom stereocenters. The van der Waals surface area contributed by atoms with Crippen LogP contribution in [0.3, 0.4) is 0 Å². The van der Waals surface area contributed by atoms with E-state index in [4.69, 9.17) is 5.73 Å². The van der Waals surface area contributed by atoms with E-state index in [1.54, 1.807) is 12.1 Å². The molecule has 2 amide bonds. The van der Waals surface area contributed by atoms with E-state index in [0.29, 0.717) is 38.5 Å². The zero-order valence-corrected chi connectivity index (χ0v) is 15.7. The molecule has 3 N–H and O–H groups in total. The van der Waals surface area contributed by atoms with E-state index in [1.165, 1.54) is 12.1 Å². The summed E-state index contributed by atoms with van der Waals surface area (Å²) < 4.78 is 13.6. The van der Waals surface area contributed by atoms with Crippen LogP contribution in [0.2, 0.25) is 0 Å². The first kappa shape index (κ1) is 19.8. The fourth-order valence-electron chi connectivity index (χ4n) is 3.96. The van der Waals surface area contributed by atoms with Gasteiger partial charge in [0.2, 0.25) is 5.91 Å². The average molecular weight is 376 g/mol. The largest absolute Gasteiger partial charge is 0.351 e. The highest BCUT2D eigenvalue weighted by molar-refractivity contribution is 5.94. The van der Waals surface area contributed by atoms with Gasteiger partial charge in [-0.15, -0.1) is 0 Å². The quantitative estimate of drug-likeness (QED) is 0.782. The van der Waals surface area contributed by atoms with Gasteiger partial charge in [-0.2, -0.15) is 0 Å². The van der Waals surface area contributed by atoms with E-state index < -0.39 is 11.7 Å². The molecule has 1 heterocycles. The molecule has 2 aliphatic rings. The van der Waals surface area contributed by atoms with Crippen LogP contribution >= 0.6 is 0 Å². The standard InChI is InChI=1S/C20H29FN4O2/c21-17-6-2-1-5-16(17)20(27)23-8-9-24-10-12-25(13-11-24)19(26)14-15-4-3-7-18(15)22/h1-2,5-6,15,18H,3-4,7-14,22H2,(H,23,27)/t15-,18+/m0/s1. The van der Waals surface area contributed by atoms with Gasteiger partial charge in [0.05, 0.1) is 5.56 Å². The Morgan fingerprint density at radius 2 is 1.89 bits per heavy atom. The van der Waals surface area contributed by atoms with E-state index >= 15 is 0 Å². The van der Waals surface area contributed by atoms with Gasteiger partial charge < -0.3 is 16.0 Å². The van der Waals surface area contributed by atoms with Gasteiger partial charge in [-0.25, -0.2) is 4.39 Å². The van der Waals surface area contributed by atoms with Crippen molar-refractivity contribution < 1.29 is 14.0 Å². The molecule has 1 aromatic carbocycles. The van der Waals surface area contributed by atoms with Crippen LogP contribution in [0, 0.1) is 11.7 Å². The molecule has 0 unspecified atom stereocenters. The van der Waals surface area contributed by atoms with E-state index in [1.807, 2.05) is 4.90 Å². The molecule has 0 spiro atoms. The zero-order valence-electron chi connectivity index (χ0n) is 15.7. The van der Waals surface area contributed by atoms with Crippen molar-refractivity contribution in [2.24, 2.45) is 11.7 Å². The summed E-state index contributed by atoms with van der Waals surface area (Å²) >= 11 is 0. The van der Waals surface area contributed by atoms with Crippen LogP contribution in [0.15, 0.2) is 24.3 Å². The number of hydrogen-bond acceptors (Lipinski definition) is 4. The SMILES string of the molecule is N[C@@H]1CCC[C@H]1CC(=O)N1CCN(CCNC(=O)c2ccccc2F)CC1. The predicted molar refractivity (Wildman–Crippen MR) is 102 cm³/mol. The van der Waals surface area contributed by atoms with Crippen molar-refractivity contribution in [3.8, 4) is 0 Å².